The molecular weight excluding hydrogens is 499 g/mol. The molecule has 2 aromatic carbocycles. The number of aliphatic hydroxyl groups excluding tert-OH is 1. The highest BCUT2D eigenvalue weighted by Gasteiger charge is 2.25. The van der Waals surface area contributed by atoms with Gasteiger partial charge in [0.2, 0.25) is 5.91 Å². The SMILES string of the molecule is C/C(=C\N(/C(C=O)=C(\CO)OCc1ccccc1)C1CCCCNC1)C(=O)NCc1c(F)cc(F)cc1F. The minimum Gasteiger partial charge on any atom is -0.488 e. The van der Waals surface area contributed by atoms with Crippen LogP contribution in [0, 0.1) is 17.5 Å². The molecule has 0 saturated carbocycles. The largest absolute Gasteiger partial charge is 0.488 e. The number of hydrogen-bond acceptors (Lipinski definition) is 6. The summed E-state index contributed by atoms with van der Waals surface area (Å²) in [4.78, 5) is 26.7. The van der Waals surface area contributed by atoms with Gasteiger partial charge in [-0.1, -0.05) is 36.8 Å². The number of halogens is 3. The van der Waals surface area contributed by atoms with Gasteiger partial charge in [-0.3, -0.25) is 9.59 Å². The minimum atomic E-state index is -1.11. The Morgan fingerprint density at radius 2 is 1.89 bits per heavy atom. The average molecular weight is 532 g/mol. The number of allylic oxidation sites excluding steroid dienone is 1. The van der Waals surface area contributed by atoms with E-state index in [0.29, 0.717) is 31.4 Å². The number of aldehydes is 1. The van der Waals surface area contributed by atoms with Crippen molar-refractivity contribution in [1.29, 1.82) is 0 Å². The zero-order chi connectivity index (χ0) is 27.5. The second kappa shape index (κ2) is 14.3. The van der Waals surface area contributed by atoms with E-state index < -0.39 is 42.1 Å². The fraction of sp³-hybridized carbons (Fsp3) is 0.357. The van der Waals surface area contributed by atoms with Crippen LogP contribution < -0.4 is 10.6 Å². The average Bonchev–Trinajstić information content (AvgIpc) is 3.19. The predicted octanol–water partition coefficient (Wildman–Crippen LogP) is 3.69. The topological polar surface area (TPSA) is 90.9 Å². The molecule has 1 aliphatic heterocycles. The molecule has 1 aliphatic rings. The van der Waals surface area contributed by atoms with Crippen LogP contribution in [0.2, 0.25) is 0 Å². The molecule has 0 radical (unpaired) electrons. The van der Waals surface area contributed by atoms with E-state index >= 15 is 0 Å². The Labute approximate surface area is 220 Å². The van der Waals surface area contributed by atoms with Gasteiger partial charge in [-0.05, 0) is 31.9 Å². The normalized spacial score (nSPS) is 16.8. The van der Waals surface area contributed by atoms with Gasteiger partial charge in [-0.25, -0.2) is 13.2 Å². The molecule has 1 saturated heterocycles. The van der Waals surface area contributed by atoms with Crippen molar-refractivity contribution in [2.75, 3.05) is 19.7 Å². The van der Waals surface area contributed by atoms with Crippen molar-refractivity contribution in [3.8, 4) is 0 Å². The highest BCUT2D eigenvalue weighted by atomic mass is 19.1. The van der Waals surface area contributed by atoms with Crippen LogP contribution in [0.15, 0.2) is 65.7 Å². The van der Waals surface area contributed by atoms with Gasteiger partial charge in [0.05, 0.1) is 0 Å². The molecule has 3 rings (SSSR count). The van der Waals surface area contributed by atoms with Gasteiger partial charge in [-0.15, -0.1) is 0 Å². The van der Waals surface area contributed by atoms with Crippen LogP contribution in [0.1, 0.15) is 37.3 Å². The number of amides is 1. The summed E-state index contributed by atoms with van der Waals surface area (Å²) in [7, 11) is 0. The maximum atomic E-state index is 14.0. The Hall–Kier alpha value is -3.63. The smallest absolute Gasteiger partial charge is 0.248 e. The molecular formula is C28H32F3N3O4. The fourth-order valence-electron chi connectivity index (χ4n) is 4.14. The van der Waals surface area contributed by atoms with Gasteiger partial charge >= 0.3 is 0 Å². The summed E-state index contributed by atoms with van der Waals surface area (Å²) in [5, 5.41) is 15.8. The number of benzene rings is 2. The number of rotatable bonds is 11. The summed E-state index contributed by atoms with van der Waals surface area (Å²) in [6.07, 6.45) is 4.57. The monoisotopic (exact) mass is 531 g/mol. The Morgan fingerprint density at radius 3 is 2.55 bits per heavy atom. The van der Waals surface area contributed by atoms with Crippen molar-refractivity contribution < 1.29 is 32.6 Å². The summed E-state index contributed by atoms with van der Waals surface area (Å²) in [5.41, 5.74) is 0.595. The molecule has 0 spiro atoms. The van der Waals surface area contributed by atoms with Gasteiger partial charge in [0.25, 0.3) is 0 Å². The van der Waals surface area contributed by atoms with Crippen LogP contribution in [0.4, 0.5) is 13.2 Å². The molecule has 1 amide bonds. The first-order valence-corrected chi connectivity index (χ1v) is 12.4. The molecule has 0 aromatic heterocycles. The van der Waals surface area contributed by atoms with Gasteiger partial charge < -0.3 is 25.4 Å². The molecule has 10 heteroatoms. The summed E-state index contributed by atoms with van der Waals surface area (Å²) < 4.78 is 47.0. The molecule has 204 valence electrons. The van der Waals surface area contributed by atoms with E-state index in [2.05, 4.69) is 10.6 Å². The molecule has 1 unspecified atom stereocenters. The molecule has 3 N–H and O–H groups in total. The quantitative estimate of drug-likeness (QED) is 0.233. The number of carbonyl (C=O) groups is 2. The molecule has 0 bridgehead atoms. The highest BCUT2D eigenvalue weighted by molar-refractivity contribution is 5.92. The summed E-state index contributed by atoms with van der Waals surface area (Å²) in [5.74, 6) is -3.86. The van der Waals surface area contributed by atoms with Gasteiger partial charge in [-0.2, -0.15) is 0 Å². The van der Waals surface area contributed by atoms with E-state index in [-0.39, 0.29) is 29.7 Å². The molecule has 1 atom stereocenters. The van der Waals surface area contributed by atoms with Crippen LogP contribution in [-0.4, -0.2) is 47.9 Å². The van der Waals surface area contributed by atoms with E-state index in [9.17, 15) is 27.9 Å². The molecule has 7 nitrogen and oxygen atoms in total. The van der Waals surface area contributed by atoms with Crippen molar-refractivity contribution in [3.05, 3.63) is 94.3 Å². The van der Waals surface area contributed by atoms with Crippen molar-refractivity contribution in [2.45, 2.75) is 45.4 Å². The zero-order valence-corrected chi connectivity index (χ0v) is 21.2. The number of nitrogens with zero attached hydrogens (tertiary/aromatic N) is 1. The maximum Gasteiger partial charge on any atom is 0.248 e. The van der Waals surface area contributed by atoms with Crippen molar-refractivity contribution in [3.63, 3.8) is 0 Å². The first kappa shape index (κ1) is 28.9. The number of ether oxygens (including phenoxy) is 1. The highest BCUT2D eigenvalue weighted by Crippen LogP contribution is 2.22. The van der Waals surface area contributed by atoms with Crippen molar-refractivity contribution in [2.24, 2.45) is 0 Å². The van der Waals surface area contributed by atoms with Crippen LogP contribution in [0.25, 0.3) is 0 Å². The van der Waals surface area contributed by atoms with E-state index in [1.807, 2.05) is 30.3 Å². The number of carbonyl (C=O) groups excluding carboxylic acids is 2. The maximum absolute atomic E-state index is 14.0. The molecule has 1 heterocycles. The summed E-state index contributed by atoms with van der Waals surface area (Å²) >= 11 is 0. The van der Waals surface area contributed by atoms with Crippen molar-refractivity contribution >= 4 is 12.2 Å². The first-order chi connectivity index (χ1) is 18.3. The second-order valence-corrected chi connectivity index (χ2v) is 8.96. The van der Waals surface area contributed by atoms with Crippen molar-refractivity contribution in [1.82, 2.24) is 15.5 Å². The predicted molar refractivity (Wildman–Crippen MR) is 136 cm³/mol. The Morgan fingerprint density at radius 1 is 1.18 bits per heavy atom. The van der Waals surface area contributed by atoms with Gasteiger partial charge in [0, 0.05) is 48.6 Å². The van der Waals surface area contributed by atoms with E-state index in [0.717, 1.165) is 24.9 Å². The zero-order valence-electron chi connectivity index (χ0n) is 21.2. The Bertz CT molecular complexity index is 1140. The molecule has 1 fully saturated rings. The first-order valence-electron chi connectivity index (χ1n) is 12.4. The number of aliphatic hydroxyl groups is 1. The third-order valence-corrected chi connectivity index (χ3v) is 6.21. The lowest BCUT2D eigenvalue weighted by molar-refractivity contribution is -0.117. The lowest BCUT2D eigenvalue weighted by atomic mass is 10.1. The number of nitrogens with one attached hydrogen (secondary N) is 2. The van der Waals surface area contributed by atoms with Gasteiger partial charge in [0.1, 0.15) is 42.1 Å². The van der Waals surface area contributed by atoms with E-state index in [1.165, 1.54) is 13.1 Å². The lowest BCUT2D eigenvalue weighted by Crippen LogP contribution is -2.39. The van der Waals surface area contributed by atoms with Crippen LogP contribution in [0.3, 0.4) is 0 Å². The van der Waals surface area contributed by atoms with Crippen LogP contribution in [0.5, 0.6) is 0 Å². The second-order valence-electron chi connectivity index (χ2n) is 8.96. The van der Waals surface area contributed by atoms with E-state index in [4.69, 9.17) is 4.74 Å². The number of hydrogen-bond donors (Lipinski definition) is 3. The molecule has 38 heavy (non-hydrogen) atoms. The lowest BCUT2D eigenvalue weighted by Gasteiger charge is -2.31. The standard InChI is InChI=1S/C28H32F3N3O4/c1-19(28(37)33-14-23-24(30)11-21(29)12-25(23)31)15-34(22-9-5-6-10-32-13-22)26(16-35)27(17-36)38-18-20-7-3-2-4-8-20/h2-4,7-8,11-12,15-16,22,32,36H,5-6,9-10,13-14,17-18H2,1H3,(H,33,37)/b19-15+,27-26+. The van der Waals surface area contributed by atoms with E-state index in [1.54, 1.807) is 4.90 Å². The third-order valence-electron chi connectivity index (χ3n) is 6.21. The third kappa shape index (κ3) is 7.93. The molecule has 2 aromatic rings. The van der Waals surface area contributed by atoms with Crippen LogP contribution in [-0.2, 0) is 27.5 Å². The minimum absolute atomic E-state index is 0.0491. The van der Waals surface area contributed by atoms with Gasteiger partial charge in [0.15, 0.2) is 6.29 Å². The Balaban J connectivity index is 1.87. The summed E-state index contributed by atoms with van der Waals surface area (Å²) in [6, 6.07) is 10.1. The van der Waals surface area contributed by atoms with Crippen LogP contribution >= 0.6 is 0 Å². The summed E-state index contributed by atoms with van der Waals surface area (Å²) in [6.45, 7) is 1.91. The fourth-order valence-corrected chi connectivity index (χ4v) is 4.14. The molecule has 0 aliphatic carbocycles. The Kier molecular flexibility index (Phi) is 10.9.